The Hall–Kier alpha value is -2.96. The van der Waals surface area contributed by atoms with Crippen LogP contribution in [0.5, 0.6) is 0 Å². The van der Waals surface area contributed by atoms with Gasteiger partial charge in [-0.25, -0.2) is 14.8 Å². The third-order valence-electron chi connectivity index (χ3n) is 4.34. The van der Waals surface area contributed by atoms with Crippen LogP contribution in [0.25, 0.3) is 0 Å². The van der Waals surface area contributed by atoms with Crippen LogP contribution >= 0.6 is 0 Å². The van der Waals surface area contributed by atoms with E-state index >= 15 is 0 Å². The van der Waals surface area contributed by atoms with Gasteiger partial charge in [0, 0.05) is 30.5 Å². The predicted molar refractivity (Wildman–Crippen MR) is 99.0 cm³/mol. The molecule has 2 heterocycles. The van der Waals surface area contributed by atoms with Crippen molar-refractivity contribution in [3.05, 3.63) is 53.6 Å². The summed E-state index contributed by atoms with van der Waals surface area (Å²) in [7, 11) is 0. The number of piperidine rings is 1. The van der Waals surface area contributed by atoms with Gasteiger partial charge >= 0.3 is 6.03 Å². The second-order valence-electron chi connectivity index (χ2n) is 6.47. The number of rotatable bonds is 3. The molecule has 0 unspecified atom stereocenters. The Bertz CT molecular complexity index is 766. The molecule has 3 rings (SSSR count). The summed E-state index contributed by atoms with van der Waals surface area (Å²) < 4.78 is 0. The van der Waals surface area contributed by atoms with Gasteiger partial charge in [0.15, 0.2) is 0 Å². The summed E-state index contributed by atoms with van der Waals surface area (Å²) >= 11 is 0. The summed E-state index contributed by atoms with van der Waals surface area (Å²) in [4.78, 5) is 34.8. The maximum atomic E-state index is 12.4. The predicted octanol–water partition coefficient (Wildman–Crippen LogP) is 2.52. The number of carbonyl (C=O) groups excluding carboxylic acids is 2. The van der Waals surface area contributed by atoms with E-state index in [0.717, 1.165) is 24.2 Å². The van der Waals surface area contributed by atoms with Gasteiger partial charge in [-0.2, -0.15) is 0 Å². The molecule has 1 aromatic carbocycles. The minimum atomic E-state index is -0.189. The zero-order chi connectivity index (χ0) is 18.5. The minimum absolute atomic E-state index is 0.0406. The van der Waals surface area contributed by atoms with Gasteiger partial charge in [0.25, 0.3) is 5.91 Å². The summed E-state index contributed by atoms with van der Waals surface area (Å²) in [5.74, 6) is 0.397. The van der Waals surface area contributed by atoms with E-state index in [1.165, 1.54) is 0 Å². The number of likely N-dealkylation sites (tertiary alicyclic amines) is 1. The molecule has 0 saturated carbocycles. The Balaban J connectivity index is 1.50. The lowest BCUT2D eigenvalue weighted by molar-refractivity contribution is 0.0913. The number of urea groups is 1. The Morgan fingerprint density at radius 2 is 1.77 bits per heavy atom. The fraction of sp³-hybridized carbons (Fsp3) is 0.368. The molecule has 7 nitrogen and oxygen atoms in total. The summed E-state index contributed by atoms with van der Waals surface area (Å²) in [5.41, 5.74) is 1.94. The van der Waals surface area contributed by atoms with E-state index in [0.29, 0.717) is 24.6 Å². The smallest absolute Gasteiger partial charge is 0.321 e. The molecule has 3 amide bonds. The number of anilines is 1. The van der Waals surface area contributed by atoms with Crippen molar-refractivity contribution in [2.75, 3.05) is 18.4 Å². The molecule has 1 aromatic heterocycles. The first-order chi connectivity index (χ1) is 12.5. The fourth-order valence-corrected chi connectivity index (χ4v) is 3.04. The maximum Gasteiger partial charge on any atom is 0.321 e. The lowest BCUT2D eigenvalue weighted by Crippen LogP contribution is -2.47. The first-order valence-corrected chi connectivity index (χ1v) is 8.75. The SMILES string of the molecule is Cc1cc(C(=O)NC2CCN(C(=O)Nc3ccccc3)CC2)nc(C)n1. The van der Waals surface area contributed by atoms with Crippen LogP contribution in [-0.4, -0.2) is 45.9 Å². The quantitative estimate of drug-likeness (QED) is 0.888. The molecule has 0 radical (unpaired) electrons. The standard InChI is InChI=1S/C19H23N5O2/c1-13-12-17(21-14(2)20-13)18(25)22-16-8-10-24(11-9-16)19(26)23-15-6-4-3-5-7-15/h3-7,12,16H,8-11H2,1-2H3,(H,22,25)(H,23,26). The highest BCUT2D eigenvalue weighted by molar-refractivity contribution is 5.92. The molecule has 2 aromatic rings. The zero-order valence-corrected chi connectivity index (χ0v) is 15.0. The number of aromatic nitrogens is 2. The molecule has 7 heteroatoms. The number of carbonyl (C=O) groups is 2. The largest absolute Gasteiger partial charge is 0.348 e. The van der Waals surface area contributed by atoms with Crippen molar-refractivity contribution < 1.29 is 9.59 Å². The van der Waals surface area contributed by atoms with Gasteiger partial charge in [-0.15, -0.1) is 0 Å². The van der Waals surface area contributed by atoms with E-state index in [2.05, 4.69) is 20.6 Å². The van der Waals surface area contributed by atoms with Crippen LogP contribution in [-0.2, 0) is 0 Å². The lowest BCUT2D eigenvalue weighted by atomic mass is 10.1. The van der Waals surface area contributed by atoms with Crippen molar-refractivity contribution >= 4 is 17.6 Å². The molecule has 1 saturated heterocycles. The van der Waals surface area contributed by atoms with Crippen molar-refractivity contribution in [1.29, 1.82) is 0 Å². The van der Waals surface area contributed by atoms with Crippen molar-refractivity contribution in [2.45, 2.75) is 32.7 Å². The Morgan fingerprint density at radius 1 is 1.08 bits per heavy atom. The molecule has 0 bridgehead atoms. The van der Waals surface area contributed by atoms with Crippen LogP contribution in [0.3, 0.4) is 0 Å². The Kier molecular flexibility index (Phi) is 5.46. The lowest BCUT2D eigenvalue weighted by Gasteiger charge is -2.32. The topological polar surface area (TPSA) is 87.2 Å². The number of hydrogen-bond acceptors (Lipinski definition) is 4. The van der Waals surface area contributed by atoms with E-state index in [1.807, 2.05) is 37.3 Å². The summed E-state index contributed by atoms with van der Waals surface area (Å²) in [6.45, 7) is 4.82. The summed E-state index contributed by atoms with van der Waals surface area (Å²) in [5, 5.41) is 5.90. The van der Waals surface area contributed by atoms with Crippen LogP contribution in [0, 0.1) is 13.8 Å². The van der Waals surface area contributed by atoms with Gasteiger partial charge in [0.1, 0.15) is 11.5 Å². The second-order valence-corrected chi connectivity index (χ2v) is 6.47. The number of hydrogen-bond donors (Lipinski definition) is 2. The third-order valence-corrected chi connectivity index (χ3v) is 4.34. The van der Waals surface area contributed by atoms with E-state index in [-0.39, 0.29) is 18.0 Å². The monoisotopic (exact) mass is 353 g/mol. The number of aryl methyl sites for hydroxylation is 2. The molecule has 0 spiro atoms. The Morgan fingerprint density at radius 3 is 2.42 bits per heavy atom. The zero-order valence-electron chi connectivity index (χ0n) is 15.0. The van der Waals surface area contributed by atoms with Gasteiger partial charge in [0.2, 0.25) is 0 Å². The number of amides is 3. The van der Waals surface area contributed by atoms with Crippen molar-refractivity contribution in [3.63, 3.8) is 0 Å². The average molecular weight is 353 g/mol. The van der Waals surface area contributed by atoms with Gasteiger partial charge in [-0.05, 0) is 44.9 Å². The van der Waals surface area contributed by atoms with Crippen molar-refractivity contribution in [1.82, 2.24) is 20.2 Å². The fourth-order valence-electron chi connectivity index (χ4n) is 3.04. The molecule has 136 valence electrons. The molecule has 2 N–H and O–H groups in total. The van der Waals surface area contributed by atoms with Crippen molar-refractivity contribution in [2.24, 2.45) is 0 Å². The van der Waals surface area contributed by atoms with Crippen LogP contribution in [0.15, 0.2) is 36.4 Å². The van der Waals surface area contributed by atoms with Crippen LogP contribution in [0.4, 0.5) is 10.5 Å². The highest BCUT2D eigenvalue weighted by atomic mass is 16.2. The first kappa shape index (κ1) is 17.8. The molecular formula is C19H23N5O2. The number of nitrogens with zero attached hydrogens (tertiary/aromatic N) is 3. The van der Waals surface area contributed by atoms with Gasteiger partial charge in [-0.1, -0.05) is 18.2 Å². The van der Waals surface area contributed by atoms with E-state index in [1.54, 1.807) is 17.9 Å². The third kappa shape index (κ3) is 4.56. The van der Waals surface area contributed by atoms with E-state index in [9.17, 15) is 9.59 Å². The second kappa shape index (κ2) is 7.95. The number of benzene rings is 1. The molecule has 0 aliphatic carbocycles. The molecule has 1 fully saturated rings. The molecule has 1 aliphatic rings. The van der Waals surface area contributed by atoms with Gasteiger partial charge in [-0.3, -0.25) is 4.79 Å². The summed E-state index contributed by atoms with van der Waals surface area (Å²) in [6.07, 6.45) is 1.44. The van der Waals surface area contributed by atoms with Gasteiger partial charge in [0.05, 0.1) is 0 Å². The molecule has 1 aliphatic heterocycles. The average Bonchev–Trinajstić information content (AvgIpc) is 2.62. The van der Waals surface area contributed by atoms with Crippen LogP contribution in [0.1, 0.15) is 34.8 Å². The van der Waals surface area contributed by atoms with Crippen LogP contribution in [0.2, 0.25) is 0 Å². The minimum Gasteiger partial charge on any atom is -0.348 e. The molecule has 26 heavy (non-hydrogen) atoms. The number of nitrogens with one attached hydrogen (secondary N) is 2. The number of para-hydroxylation sites is 1. The highest BCUT2D eigenvalue weighted by Crippen LogP contribution is 2.14. The first-order valence-electron chi connectivity index (χ1n) is 8.75. The van der Waals surface area contributed by atoms with Crippen LogP contribution < -0.4 is 10.6 Å². The van der Waals surface area contributed by atoms with Crippen molar-refractivity contribution in [3.8, 4) is 0 Å². The molecule has 0 atom stereocenters. The van der Waals surface area contributed by atoms with E-state index < -0.39 is 0 Å². The highest BCUT2D eigenvalue weighted by Gasteiger charge is 2.24. The van der Waals surface area contributed by atoms with E-state index in [4.69, 9.17) is 0 Å². The normalized spacial score (nSPS) is 14.8. The Labute approximate surface area is 152 Å². The van der Waals surface area contributed by atoms with Gasteiger partial charge < -0.3 is 15.5 Å². The maximum absolute atomic E-state index is 12.4. The molecular weight excluding hydrogens is 330 g/mol. The summed E-state index contributed by atoms with van der Waals surface area (Å²) in [6, 6.07) is 11.0.